The van der Waals surface area contributed by atoms with Crippen LogP contribution in [-0.2, 0) is 11.8 Å². The summed E-state index contributed by atoms with van der Waals surface area (Å²) in [6.45, 7) is 3.44. The van der Waals surface area contributed by atoms with Crippen molar-refractivity contribution in [1.82, 2.24) is 29.4 Å². The van der Waals surface area contributed by atoms with E-state index in [0.29, 0.717) is 11.3 Å². The molecule has 3 aromatic rings. The third-order valence-electron chi connectivity index (χ3n) is 4.70. The normalized spacial score (nSPS) is 14.5. The number of nitrogens with zero attached hydrogens (tertiary/aromatic N) is 7. The van der Waals surface area contributed by atoms with Crippen LogP contribution >= 0.6 is 0 Å². The summed E-state index contributed by atoms with van der Waals surface area (Å²) in [5, 5.41) is 11.8. The van der Waals surface area contributed by atoms with Crippen molar-refractivity contribution >= 4 is 23.2 Å². The molecule has 0 N–H and O–H groups in total. The van der Waals surface area contributed by atoms with E-state index in [0.717, 1.165) is 25.9 Å². The van der Waals surface area contributed by atoms with Crippen LogP contribution in [0.25, 0.3) is 5.65 Å². The van der Waals surface area contributed by atoms with Gasteiger partial charge in [-0.05, 0) is 25.8 Å². The molecular weight excluding hydrogens is 362 g/mol. The Morgan fingerprint density at radius 1 is 1.25 bits per heavy atom. The first-order valence-electron chi connectivity index (χ1n) is 9.18. The highest BCUT2D eigenvalue weighted by Crippen LogP contribution is 2.25. The second-order valence-electron chi connectivity index (χ2n) is 6.48. The van der Waals surface area contributed by atoms with Gasteiger partial charge in [-0.3, -0.25) is 9.48 Å². The Morgan fingerprint density at radius 3 is 2.79 bits per heavy atom. The van der Waals surface area contributed by atoms with Crippen LogP contribution in [0.3, 0.4) is 0 Å². The van der Waals surface area contributed by atoms with E-state index in [1.807, 2.05) is 5.01 Å². The first kappa shape index (κ1) is 18.1. The number of fused-ring (bicyclic) bond motifs is 1. The van der Waals surface area contributed by atoms with E-state index in [9.17, 15) is 9.59 Å². The summed E-state index contributed by atoms with van der Waals surface area (Å²) in [5.41, 5.74) is 1.63. The molecule has 1 fully saturated rings. The number of aromatic nitrogens is 5. The smallest absolute Gasteiger partial charge is 0.342 e. The van der Waals surface area contributed by atoms with E-state index in [4.69, 9.17) is 4.74 Å². The van der Waals surface area contributed by atoms with Crippen molar-refractivity contribution in [1.29, 1.82) is 0 Å². The van der Waals surface area contributed by atoms with Crippen LogP contribution in [0, 0.1) is 0 Å². The Balaban J connectivity index is 1.78. The molecule has 3 aromatic heterocycles. The van der Waals surface area contributed by atoms with E-state index in [2.05, 4.69) is 15.2 Å². The highest BCUT2D eigenvalue weighted by atomic mass is 16.5. The molecule has 1 aliphatic heterocycles. The van der Waals surface area contributed by atoms with Gasteiger partial charge in [0, 0.05) is 32.4 Å². The summed E-state index contributed by atoms with van der Waals surface area (Å²) >= 11 is 0. The Kier molecular flexibility index (Phi) is 4.78. The van der Waals surface area contributed by atoms with Crippen molar-refractivity contribution in [2.75, 3.05) is 24.7 Å². The molecule has 0 atom stereocenters. The number of anilines is 1. The molecule has 4 rings (SSSR count). The fourth-order valence-corrected chi connectivity index (χ4v) is 3.40. The Bertz CT molecular complexity index is 1020. The van der Waals surface area contributed by atoms with Gasteiger partial charge in [0.05, 0.1) is 18.5 Å². The quantitative estimate of drug-likeness (QED) is 0.613. The minimum absolute atomic E-state index is 0.155. The number of ether oxygens (including phenoxy) is 1. The van der Waals surface area contributed by atoms with Crippen molar-refractivity contribution in [3.05, 3.63) is 42.1 Å². The first-order chi connectivity index (χ1) is 13.6. The predicted octanol–water partition coefficient (Wildman–Crippen LogP) is 1.30. The lowest BCUT2D eigenvalue weighted by molar-refractivity contribution is 0.0522. The van der Waals surface area contributed by atoms with Gasteiger partial charge in [-0.1, -0.05) is 0 Å². The average Bonchev–Trinajstić information content (AvgIpc) is 3.42. The zero-order valence-electron chi connectivity index (χ0n) is 15.8. The van der Waals surface area contributed by atoms with Gasteiger partial charge in [0.2, 0.25) is 0 Å². The number of pyridine rings is 1. The zero-order chi connectivity index (χ0) is 19.7. The number of aryl methyl sites for hydroxylation is 1. The summed E-state index contributed by atoms with van der Waals surface area (Å²) in [6.07, 6.45) is 6.57. The highest BCUT2D eigenvalue weighted by molar-refractivity contribution is 6.10. The average molecular weight is 383 g/mol. The molecule has 0 saturated carbocycles. The van der Waals surface area contributed by atoms with Crippen LogP contribution in [-0.4, -0.2) is 61.0 Å². The fraction of sp³-hybridized carbons (Fsp3) is 0.389. The number of carbonyl (C=O) groups is 2. The van der Waals surface area contributed by atoms with Crippen molar-refractivity contribution in [3.63, 3.8) is 0 Å². The Hall–Kier alpha value is -3.27. The van der Waals surface area contributed by atoms with Crippen LogP contribution in [0.1, 0.15) is 40.6 Å². The van der Waals surface area contributed by atoms with Gasteiger partial charge in [-0.15, -0.1) is 0 Å². The minimum atomic E-state index is -0.562. The summed E-state index contributed by atoms with van der Waals surface area (Å²) in [7, 11) is 1.64. The molecule has 28 heavy (non-hydrogen) atoms. The molecule has 0 radical (unpaired) electrons. The number of esters is 1. The first-order valence-corrected chi connectivity index (χ1v) is 9.18. The van der Waals surface area contributed by atoms with Gasteiger partial charge >= 0.3 is 5.97 Å². The molecule has 1 saturated heterocycles. The molecule has 146 valence electrons. The maximum absolute atomic E-state index is 13.6. The van der Waals surface area contributed by atoms with Crippen LogP contribution in [0.15, 0.2) is 30.9 Å². The SMILES string of the molecule is CCOC(=O)c1cnn(C)c1C(=O)N(c1ccn2ncnc2c1)N1CCCC1. The van der Waals surface area contributed by atoms with Gasteiger partial charge < -0.3 is 4.74 Å². The number of rotatable bonds is 5. The Morgan fingerprint density at radius 2 is 2.04 bits per heavy atom. The maximum Gasteiger partial charge on any atom is 0.342 e. The molecule has 0 bridgehead atoms. The van der Waals surface area contributed by atoms with Crippen LogP contribution in [0.4, 0.5) is 5.69 Å². The van der Waals surface area contributed by atoms with Crippen molar-refractivity contribution in [2.24, 2.45) is 7.05 Å². The standard InChI is InChI=1S/C18H21N7O3/c1-3-28-18(27)14-11-20-22(2)16(14)17(26)25(23-7-4-5-8-23)13-6-9-24-15(10-13)19-12-21-24/h6,9-12H,3-5,7-8H2,1-2H3. The lowest BCUT2D eigenvalue weighted by Crippen LogP contribution is -2.46. The molecule has 10 nitrogen and oxygen atoms in total. The number of hydrazine groups is 1. The van der Waals surface area contributed by atoms with Crippen molar-refractivity contribution < 1.29 is 14.3 Å². The molecular formula is C18H21N7O3. The molecule has 0 spiro atoms. The van der Waals surface area contributed by atoms with E-state index in [-0.39, 0.29) is 23.8 Å². The van der Waals surface area contributed by atoms with Crippen molar-refractivity contribution in [3.8, 4) is 0 Å². The number of carbonyl (C=O) groups excluding carboxylic acids is 2. The zero-order valence-corrected chi connectivity index (χ0v) is 15.8. The van der Waals surface area contributed by atoms with Gasteiger partial charge in [-0.2, -0.15) is 10.2 Å². The predicted molar refractivity (Wildman–Crippen MR) is 99.8 cm³/mol. The van der Waals surface area contributed by atoms with E-state index in [1.165, 1.54) is 17.2 Å². The summed E-state index contributed by atoms with van der Waals surface area (Å²) in [4.78, 5) is 30.1. The second-order valence-corrected chi connectivity index (χ2v) is 6.48. The molecule has 10 heteroatoms. The van der Waals surface area contributed by atoms with Crippen LogP contribution in [0.5, 0.6) is 0 Å². The summed E-state index contributed by atoms with van der Waals surface area (Å²) in [5.74, 6) is -0.901. The lowest BCUT2D eigenvalue weighted by atomic mass is 10.2. The summed E-state index contributed by atoms with van der Waals surface area (Å²) in [6, 6.07) is 3.60. The number of hydrogen-bond donors (Lipinski definition) is 0. The van der Waals surface area contributed by atoms with Gasteiger partial charge in [-0.25, -0.2) is 24.3 Å². The number of hydrogen-bond acceptors (Lipinski definition) is 7. The molecule has 4 heterocycles. The van der Waals surface area contributed by atoms with E-state index >= 15 is 0 Å². The van der Waals surface area contributed by atoms with Crippen LogP contribution < -0.4 is 5.01 Å². The Labute approximate surface area is 161 Å². The van der Waals surface area contributed by atoms with Gasteiger partial charge in [0.15, 0.2) is 5.65 Å². The third-order valence-corrected chi connectivity index (χ3v) is 4.70. The highest BCUT2D eigenvalue weighted by Gasteiger charge is 2.32. The molecule has 0 unspecified atom stereocenters. The second kappa shape index (κ2) is 7.39. The topological polar surface area (TPSA) is 97.9 Å². The van der Waals surface area contributed by atoms with Gasteiger partial charge in [0.1, 0.15) is 17.6 Å². The van der Waals surface area contributed by atoms with E-state index in [1.54, 1.807) is 41.8 Å². The fourth-order valence-electron chi connectivity index (χ4n) is 3.40. The third kappa shape index (κ3) is 3.11. The largest absolute Gasteiger partial charge is 0.462 e. The minimum Gasteiger partial charge on any atom is -0.462 e. The lowest BCUT2D eigenvalue weighted by Gasteiger charge is -2.31. The summed E-state index contributed by atoms with van der Waals surface area (Å²) < 4.78 is 8.13. The molecule has 1 aliphatic rings. The molecule has 0 aliphatic carbocycles. The van der Waals surface area contributed by atoms with Crippen LogP contribution in [0.2, 0.25) is 0 Å². The molecule has 0 aromatic carbocycles. The number of amides is 1. The van der Waals surface area contributed by atoms with Gasteiger partial charge in [0.25, 0.3) is 5.91 Å². The van der Waals surface area contributed by atoms with E-state index < -0.39 is 5.97 Å². The van der Waals surface area contributed by atoms with Crippen molar-refractivity contribution in [2.45, 2.75) is 19.8 Å². The monoisotopic (exact) mass is 383 g/mol. The molecule has 1 amide bonds. The maximum atomic E-state index is 13.6.